The van der Waals surface area contributed by atoms with Crippen molar-refractivity contribution in [3.05, 3.63) is 47.1 Å². The summed E-state index contributed by atoms with van der Waals surface area (Å²) in [7, 11) is 0. The van der Waals surface area contributed by atoms with E-state index in [1.807, 2.05) is 6.92 Å². The predicted molar refractivity (Wildman–Crippen MR) is 68.8 cm³/mol. The quantitative estimate of drug-likeness (QED) is 0.786. The number of benzene rings is 1. The van der Waals surface area contributed by atoms with Crippen LogP contribution >= 0.6 is 11.6 Å². The third-order valence-corrected chi connectivity index (χ3v) is 2.37. The van der Waals surface area contributed by atoms with Crippen molar-refractivity contribution < 1.29 is 13.9 Å². The summed E-state index contributed by atoms with van der Waals surface area (Å²) < 4.78 is 23.7. The fourth-order valence-corrected chi connectivity index (χ4v) is 1.59. The van der Waals surface area contributed by atoms with Crippen LogP contribution in [0.4, 0.5) is 4.39 Å². The van der Waals surface area contributed by atoms with Crippen LogP contribution < -0.4 is 4.74 Å². The van der Waals surface area contributed by atoms with Gasteiger partial charge in [0.05, 0.1) is 0 Å². The van der Waals surface area contributed by atoms with Crippen molar-refractivity contribution in [3.63, 3.8) is 0 Å². The lowest BCUT2D eigenvalue weighted by molar-refractivity contribution is 0.128. The summed E-state index contributed by atoms with van der Waals surface area (Å²) in [6, 6.07) is 7.23. The molecule has 0 N–H and O–H groups in total. The highest BCUT2D eigenvalue weighted by Gasteiger charge is 2.06. The summed E-state index contributed by atoms with van der Waals surface area (Å²) in [5.41, 5.74) is 0. The van der Waals surface area contributed by atoms with Crippen LogP contribution in [-0.4, -0.2) is 16.6 Å². The molecule has 100 valence electrons. The van der Waals surface area contributed by atoms with Gasteiger partial charge in [0.25, 0.3) is 0 Å². The van der Waals surface area contributed by atoms with E-state index in [1.165, 1.54) is 18.2 Å². The highest BCUT2D eigenvalue weighted by molar-refractivity contribution is 6.29. The molecule has 0 atom stereocenters. The maximum Gasteiger partial charge on any atom is 0.224 e. The first-order valence-electron chi connectivity index (χ1n) is 5.72. The molecule has 2 rings (SSSR count). The standard InChI is InChI=1S/C13H12ClFN2O2/c1-2-18-8-12-16-11(14)7-13(17-12)19-10-5-3-4-9(15)6-10/h3-7H,2,8H2,1H3. The molecular weight excluding hydrogens is 271 g/mol. The molecule has 0 aliphatic rings. The van der Waals surface area contributed by atoms with Crippen LogP contribution in [0.5, 0.6) is 11.6 Å². The monoisotopic (exact) mass is 282 g/mol. The summed E-state index contributed by atoms with van der Waals surface area (Å²) in [6.07, 6.45) is 0. The molecule has 1 aromatic carbocycles. The van der Waals surface area contributed by atoms with Crippen molar-refractivity contribution in [1.29, 1.82) is 0 Å². The summed E-state index contributed by atoms with van der Waals surface area (Å²) in [4.78, 5) is 8.14. The average molecular weight is 283 g/mol. The van der Waals surface area contributed by atoms with Gasteiger partial charge in [0.1, 0.15) is 23.3 Å². The van der Waals surface area contributed by atoms with E-state index < -0.39 is 0 Å². The van der Waals surface area contributed by atoms with Gasteiger partial charge in [-0.15, -0.1) is 0 Å². The van der Waals surface area contributed by atoms with Crippen LogP contribution in [0.1, 0.15) is 12.7 Å². The van der Waals surface area contributed by atoms with Gasteiger partial charge in [-0.25, -0.2) is 9.37 Å². The van der Waals surface area contributed by atoms with E-state index in [1.54, 1.807) is 12.1 Å². The Morgan fingerprint density at radius 2 is 2.11 bits per heavy atom. The van der Waals surface area contributed by atoms with E-state index >= 15 is 0 Å². The van der Waals surface area contributed by atoms with Crippen LogP contribution in [0.25, 0.3) is 0 Å². The van der Waals surface area contributed by atoms with Gasteiger partial charge in [-0.05, 0) is 19.1 Å². The van der Waals surface area contributed by atoms with E-state index in [0.29, 0.717) is 18.2 Å². The number of nitrogens with zero attached hydrogens (tertiary/aromatic N) is 2. The molecule has 19 heavy (non-hydrogen) atoms. The zero-order chi connectivity index (χ0) is 13.7. The normalized spacial score (nSPS) is 10.5. The third kappa shape index (κ3) is 4.15. The van der Waals surface area contributed by atoms with Gasteiger partial charge < -0.3 is 9.47 Å². The van der Waals surface area contributed by atoms with Gasteiger partial charge in [-0.2, -0.15) is 4.98 Å². The molecule has 2 aromatic rings. The van der Waals surface area contributed by atoms with Crippen molar-refractivity contribution in [2.24, 2.45) is 0 Å². The van der Waals surface area contributed by atoms with E-state index in [0.717, 1.165) is 0 Å². The Morgan fingerprint density at radius 1 is 1.26 bits per heavy atom. The van der Waals surface area contributed by atoms with E-state index in [-0.39, 0.29) is 23.5 Å². The van der Waals surface area contributed by atoms with Gasteiger partial charge in [0.15, 0.2) is 5.82 Å². The molecule has 0 unspecified atom stereocenters. The maximum absolute atomic E-state index is 13.0. The van der Waals surface area contributed by atoms with Gasteiger partial charge >= 0.3 is 0 Å². The highest BCUT2D eigenvalue weighted by Crippen LogP contribution is 2.22. The number of hydrogen-bond acceptors (Lipinski definition) is 4. The lowest BCUT2D eigenvalue weighted by Gasteiger charge is -2.07. The lowest BCUT2D eigenvalue weighted by Crippen LogP contribution is -2.01. The third-order valence-electron chi connectivity index (χ3n) is 2.17. The van der Waals surface area contributed by atoms with E-state index in [9.17, 15) is 4.39 Å². The molecule has 0 spiro atoms. The molecule has 1 heterocycles. The van der Waals surface area contributed by atoms with Crippen molar-refractivity contribution in [1.82, 2.24) is 9.97 Å². The number of hydrogen-bond donors (Lipinski definition) is 0. The van der Waals surface area contributed by atoms with E-state index in [4.69, 9.17) is 21.1 Å². The molecule has 6 heteroatoms. The van der Waals surface area contributed by atoms with Crippen molar-refractivity contribution >= 4 is 11.6 Å². The summed E-state index contributed by atoms with van der Waals surface area (Å²) in [5, 5.41) is 0.246. The van der Waals surface area contributed by atoms with E-state index in [2.05, 4.69) is 9.97 Å². The Morgan fingerprint density at radius 3 is 2.84 bits per heavy atom. The minimum Gasteiger partial charge on any atom is -0.439 e. The fourth-order valence-electron chi connectivity index (χ4n) is 1.40. The smallest absolute Gasteiger partial charge is 0.224 e. The van der Waals surface area contributed by atoms with Crippen molar-refractivity contribution in [3.8, 4) is 11.6 Å². The second kappa shape index (κ2) is 6.45. The zero-order valence-electron chi connectivity index (χ0n) is 10.3. The summed E-state index contributed by atoms with van der Waals surface area (Å²) in [6.45, 7) is 2.67. The molecular formula is C13H12ClFN2O2. The van der Waals surface area contributed by atoms with Gasteiger partial charge in [-0.1, -0.05) is 17.7 Å². The van der Waals surface area contributed by atoms with Crippen molar-refractivity contribution in [2.45, 2.75) is 13.5 Å². The summed E-state index contributed by atoms with van der Waals surface area (Å²) >= 11 is 5.87. The second-order valence-electron chi connectivity index (χ2n) is 3.64. The molecule has 0 fully saturated rings. The van der Waals surface area contributed by atoms with Crippen molar-refractivity contribution in [2.75, 3.05) is 6.61 Å². The van der Waals surface area contributed by atoms with Crippen LogP contribution in [0.2, 0.25) is 5.15 Å². The Kier molecular flexibility index (Phi) is 4.65. The predicted octanol–water partition coefficient (Wildman–Crippen LogP) is 3.60. The van der Waals surface area contributed by atoms with Gasteiger partial charge in [0.2, 0.25) is 5.88 Å². The molecule has 4 nitrogen and oxygen atoms in total. The largest absolute Gasteiger partial charge is 0.439 e. The minimum absolute atomic E-state index is 0.246. The lowest BCUT2D eigenvalue weighted by atomic mass is 10.3. The zero-order valence-corrected chi connectivity index (χ0v) is 11.0. The van der Waals surface area contributed by atoms with Gasteiger partial charge in [0, 0.05) is 18.7 Å². The average Bonchev–Trinajstić information content (AvgIpc) is 2.35. The number of rotatable bonds is 5. The van der Waals surface area contributed by atoms with Crippen LogP contribution in [0, 0.1) is 5.82 Å². The fraction of sp³-hybridized carbons (Fsp3) is 0.231. The second-order valence-corrected chi connectivity index (χ2v) is 4.03. The number of aromatic nitrogens is 2. The maximum atomic E-state index is 13.0. The Bertz CT molecular complexity index is 566. The number of halogens is 2. The van der Waals surface area contributed by atoms with Gasteiger partial charge in [-0.3, -0.25) is 0 Å². The highest BCUT2D eigenvalue weighted by atomic mass is 35.5. The SMILES string of the molecule is CCOCc1nc(Cl)cc(Oc2cccc(F)c2)n1. The minimum atomic E-state index is -0.382. The summed E-state index contributed by atoms with van der Waals surface area (Å²) in [5.74, 6) is 0.630. The molecule has 1 aromatic heterocycles. The topological polar surface area (TPSA) is 44.2 Å². The first kappa shape index (κ1) is 13.7. The molecule has 0 amide bonds. The van der Waals surface area contributed by atoms with Crippen LogP contribution in [-0.2, 0) is 11.3 Å². The first-order chi connectivity index (χ1) is 9.17. The molecule has 0 radical (unpaired) electrons. The number of ether oxygens (including phenoxy) is 2. The first-order valence-corrected chi connectivity index (χ1v) is 6.10. The van der Waals surface area contributed by atoms with Crippen LogP contribution in [0.3, 0.4) is 0 Å². The Labute approximate surface area is 115 Å². The molecule has 0 bridgehead atoms. The Hall–Kier alpha value is -1.72. The molecule has 0 saturated heterocycles. The molecule has 0 aliphatic heterocycles. The molecule has 0 saturated carbocycles. The Balaban J connectivity index is 2.17. The van der Waals surface area contributed by atoms with Crippen LogP contribution in [0.15, 0.2) is 30.3 Å². The molecule has 0 aliphatic carbocycles.